The highest BCUT2D eigenvalue weighted by Gasteiger charge is 2.18. The quantitative estimate of drug-likeness (QED) is 0.374. The summed E-state index contributed by atoms with van der Waals surface area (Å²) in [6, 6.07) is 0.260. The van der Waals surface area contributed by atoms with Crippen LogP contribution in [0.2, 0.25) is 0 Å². The maximum Gasteiger partial charge on any atom is 0.215 e. The van der Waals surface area contributed by atoms with E-state index in [0.29, 0.717) is 25.6 Å². The predicted octanol–water partition coefficient (Wildman–Crippen LogP) is 0.849. The number of nitrogens with one attached hydrogen (secondary N) is 2. The number of guanidine groups is 1. The summed E-state index contributed by atoms with van der Waals surface area (Å²) < 4.78 is 25.3. The Morgan fingerprint density at radius 3 is 2.16 bits per heavy atom. The Bertz CT molecular complexity index is 354. The topological polar surface area (TPSA) is 73.8 Å². The Morgan fingerprint density at radius 1 is 1.26 bits per heavy atom. The second kappa shape index (κ2) is 10.7. The van der Waals surface area contributed by atoms with Gasteiger partial charge in [0.2, 0.25) is 10.0 Å². The molecule has 0 aliphatic heterocycles. The molecule has 0 fully saturated rings. The van der Waals surface area contributed by atoms with Gasteiger partial charge in [-0.3, -0.25) is 4.99 Å². The van der Waals surface area contributed by atoms with Gasteiger partial charge in [-0.1, -0.05) is 13.8 Å². The van der Waals surface area contributed by atoms with Crippen LogP contribution in [0.5, 0.6) is 0 Å². The third kappa shape index (κ3) is 8.64. The molecule has 0 amide bonds. The first-order valence-electron chi connectivity index (χ1n) is 6.32. The molecule has 0 radical (unpaired) electrons. The molecule has 116 valence electrons. The molecule has 0 aliphatic carbocycles. The van der Waals surface area contributed by atoms with Crippen molar-refractivity contribution in [2.75, 3.05) is 32.4 Å². The van der Waals surface area contributed by atoms with Gasteiger partial charge in [0.25, 0.3) is 0 Å². The molecule has 0 aromatic heterocycles. The minimum Gasteiger partial charge on any atom is -0.355 e. The summed E-state index contributed by atoms with van der Waals surface area (Å²) in [6.07, 6.45) is 0. The summed E-state index contributed by atoms with van der Waals surface area (Å²) in [7, 11) is -1.50. The Kier molecular flexibility index (Phi) is 11.9. The van der Waals surface area contributed by atoms with E-state index in [1.165, 1.54) is 4.31 Å². The van der Waals surface area contributed by atoms with Crippen LogP contribution in [0.4, 0.5) is 0 Å². The third-order valence-corrected chi connectivity index (χ3v) is 4.42. The van der Waals surface area contributed by atoms with Gasteiger partial charge in [-0.25, -0.2) is 12.7 Å². The molecule has 8 heteroatoms. The van der Waals surface area contributed by atoms with Gasteiger partial charge in [0.1, 0.15) is 0 Å². The highest BCUT2D eigenvalue weighted by Crippen LogP contribution is 1.99. The molecule has 0 spiro atoms. The zero-order valence-electron chi connectivity index (χ0n) is 12.4. The van der Waals surface area contributed by atoms with Gasteiger partial charge in [-0.2, -0.15) is 0 Å². The lowest BCUT2D eigenvalue weighted by atomic mass is 10.4. The van der Waals surface area contributed by atoms with Crippen LogP contribution in [0.25, 0.3) is 0 Å². The van der Waals surface area contributed by atoms with Gasteiger partial charge in [0.15, 0.2) is 5.96 Å². The van der Waals surface area contributed by atoms with Crippen molar-refractivity contribution in [1.29, 1.82) is 0 Å². The average molecular weight is 406 g/mol. The Hall–Kier alpha value is -0.0900. The summed E-state index contributed by atoms with van der Waals surface area (Å²) in [5.74, 6) is 0.702. The van der Waals surface area contributed by atoms with E-state index in [1.807, 2.05) is 27.7 Å². The summed E-state index contributed by atoms with van der Waals surface area (Å²) in [6.45, 7) is 9.06. The standard InChI is InChI=1S/C11H26N4O2S.HI/c1-6-15(7-2)18(16,17)9-8-13-11(12-5)14-10(3)4;/h10H,6-9H2,1-5H3,(H2,12,13,14);1H. The highest BCUT2D eigenvalue weighted by molar-refractivity contribution is 14.0. The van der Waals surface area contributed by atoms with Crippen LogP contribution in [0.15, 0.2) is 4.99 Å². The predicted molar refractivity (Wildman–Crippen MR) is 91.8 cm³/mol. The first kappa shape index (κ1) is 21.2. The molecule has 0 rings (SSSR count). The van der Waals surface area contributed by atoms with Gasteiger partial charge < -0.3 is 10.6 Å². The van der Waals surface area contributed by atoms with E-state index >= 15 is 0 Å². The zero-order valence-corrected chi connectivity index (χ0v) is 15.6. The van der Waals surface area contributed by atoms with Crippen LogP contribution >= 0.6 is 24.0 Å². The van der Waals surface area contributed by atoms with Gasteiger partial charge in [-0.15, -0.1) is 24.0 Å². The van der Waals surface area contributed by atoms with Crippen LogP contribution in [-0.2, 0) is 10.0 Å². The molecular formula is C11H27IN4O2S. The molecule has 0 heterocycles. The minimum atomic E-state index is -3.17. The lowest BCUT2D eigenvalue weighted by Gasteiger charge is -2.19. The maximum atomic E-state index is 11.9. The van der Waals surface area contributed by atoms with Crippen molar-refractivity contribution in [1.82, 2.24) is 14.9 Å². The summed E-state index contributed by atoms with van der Waals surface area (Å²) >= 11 is 0. The fourth-order valence-electron chi connectivity index (χ4n) is 1.51. The van der Waals surface area contributed by atoms with E-state index in [4.69, 9.17) is 0 Å². The number of sulfonamides is 1. The molecule has 0 saturated carbocycles. The Labute approximate surface area is 134 Å². The van der Waals surface area contributed by atoms with Crippen molar-refractivity contribution in [3.05, 3.63) is 0 Å². The van der Waals surface area contributed by atoms with Crippen molar-refractivity contribution >= 4 is 40.0 Å². The second-order valence-electron chi connectivity index (χ2n) is 4.20. The maximum absolute atomic E-state index is 11.9. The molecule has 0 aromatic carbocycles. The summed E-state index contributed by atoms with van der Waals surface area (Å²) in [5.41, 5.74) is 0. The van der Waals surface area contributed by atoms with Crippen molar-refractivity contribution in [3.63, 3.8) is 0 Å². The molecule has 0 bridgehead atoms. The van der Waals surface area contributed by atoms with Gasteiger partial charge in [0.05, 0.1) is 5.75 Å². The van der Waals surface area contributed by atoms with Gasteiger partial charge in [0, 0.05) is 32.7 Å². The van der Waals surface area contributed by atoms with Crippen LogP contribution < -0.4 is 10.6 Å². The third-order valence-electron chi connectivity index (χ3n) is 2.40. The molecule has 0 aliphatic rings. The van der Waals surface area contributed by atoms with E-state index in [9.17, 15) is 8.42 Å². The molecule has 6 nitrogen and oxygen atoms in total. The van der Waals surface area contributed by atoms with Crippen LogP contribution in [0, 0.1) is 0 Å². The first-order valence-corrected chi connectivity index (χ1v) is 7.93. The van der Waals surface area contributed by atoms with E-state index in [2.05, 4.69) is 15.6 Å². The fraction of sp³-hybridized carbons (Fsp3) is 0.909. The lowest BCUT2D eigenvalue weighted by Crippen LogP contribution is -2.44. The fourth-order valence-corrected chi connectivity index (χ4v) is 2.92. The first-order chi connectivity index (χ1) is 8.37. The molecule has 0 aromatic rings. The summed E-state index contributed by atoms with van der Waals surface area (Å²) in [5, 5.41) is 6.10. The molecule has 0 atom stereocenters. The monoisotopic (exact) mass is 406 g/mol. The number of aliphatic imine (C=N–C) groups is 1. The number of hydrogen-bond donors (Lipinski definition) is 2. The van der Waals surface area contributed by atoms with Crippen molar-refractivity contribution in [3.8, 4) is 0 Å². The number of halogens is 1. The molecule has 2 N–H and O–H groups in total. The van der Waals surface area contributed by atoms with Crippen molar-refractivity contribution < 1.29 is 8.42 Å². The molecular weight excluding hydrogens is 379 g/mol. The zero-order chi connectivity index (χ0) is 14.2. The van der Waals surface area contributed by atoms with E-state index < -0.39 is 10.0 Å². The lowest BCUT2D eigenvalue weighted by molar-refractivity contribution is 0.445. The van der Waals surface area contributed by atoms with Crippen LogP contribution in [-0.4, -0.2) is 57.2 Å². The number of rotatable bonds is 7. The normalized spacial score (nSPS) is 12.5. The van der Waals surface area contributed by atoms with Crippen molar-refractivity contribution in [2.24, 2.45) is 4.99 Å². The molecule has 0 unspecified atom stereocenters. The summed E-state index contributed by atoms with van der Waals surface area (Å²) in [4.78, 5) is 4.02. The number of nitrogens with zero attached hydrogens (tertiary/aromatic N) is 2. The highest BCUT2D eigenvalue weighted by atomic mass is 127. The minimum absolute atomic E-state index is 0. The van der Waals surface area contributed by atoms with Crippen LogP contribution in [0.1, 0.15) is 27.7 Å². The van der Waals surface area contributed by atoms with Crippen LogP contribution in [0.3, 0.4) is 0 Å². The van der Waals surface area contributed by atoms with Gasteiger partial charge in [-0.05, 0) is 13.8 Å². The molecule has 19 heavy (non-hydrogen) atoms. The average Bonchev–Trinajstić information content (AvgIpc) is 2.28. The smallest absolute Gasteiger partial charge is 0.215 e. The van der Waals surface area contributed by atoms with E-state index in [-0.39, 0.29) is 35.8 Å². The largest absolute Gasteiger partial charge is 0.355 e. The number of hydrogen-bond acceptors (Lipinski definition) is 3. The van der Waals surface area contributed by atoms with E-state index in [1.54, 1.807) is 7.05 Å². The Balaban J connectivity index is 0. The Morgan fingerprint density at radius 2 is 1.79 bits per heavy atom. The van der Waals surface area contributed by atoms with Gasteiger partial charge >= 0.3 is 0 Å². The molecule has 0 saturated heterocycles. The SMILES string of the molecule is CCN(CC)S(=O)(=O)CCNC(=NC)NC(C)C.I. The second-order valence-corrected chi connectivity index (χ2v) is 6.29. The van der Waals surface area contributed by atoms with E-state index in [0.717, 1.165) is 0 Å². The van der Waals surface area contributed by atoms with Crippen molar-refractivity contribution in [2.45, 2.75) is 33.7 Å².